The van der Waals surface area contributed by atoms with Gasteiger partial charge in [0.2, 0.25) is 0 Å². The van der Waals surface area contributed by atoms with Crippen LogP contribution >= 0.6 is 12.2 Å². The van der Waals surface area contributed by atoms with Gasteiger partial charge in [0.1, 0.15) is 0 Å². The van der Waals surface area contributed by atoms with Crippen LogP contribution in [0.3, 0.4) is 0 Å². The summed E-state index contributed by atoms with van der Waals surface area (Å²) in [4.78, 5) is 2.70. The van der Waals surface area contributed by atoms with Gasteiger partial charge in [0.25, 0.3) is 0 Å². The fraction of sp³-hybridized carbons (Fsp3) is 0.875. The number of nitrogens with two attached hydrogens (primary N) is 1. The molecule has 0 fully saturated rings. The van der Waals surface area contributed by atoms with E-state index in [4.69, 9.17) is 23.1 Å². The second kappa shape index (κ2) is 6.34. The average molecular weight is 190 g/mol. The van der Waals surface area contributed by atoms with Crippen LogP contribution in [0.2, 0.25) is 0 Å². The van der Waals surface area contributed by atoms with Crippen molar-refractivity contribution >= 4 is 17.2 Å². The van der Waals surface area contributed by atoms with Gasteiger partial charge in [0.15, 0.2) is 0 Å². The zero-order valence-corrected chi connectivity index (χ0v) is 8.60. The number of rotatable bonds is 6. The number of hydrogen-bond donors (Lipinski definition) is 2. The largest absolute Gasteiger partial charge is 0.396 e. The minimum absolute atomic E-state index is 0.240. The first-order valence-corrected chi connectivity index (χ1v) is 4.58. The Morgan fingerprint density at radius 1 is 1.67 bits per heavy atom. The van der Waals surface area contributed by atoms with Gasteiger partial charge < -0.3 is 15.7 Å². The van der Waals surface area contributed by atoms with Crippen molar-refractivity contribution < 1.29 is 5.11 Å². The second-order valence-electron chi connectivity index (χ2n) is 3.08. The molecule has 0 aromatic carbocycles. The number of hydrogen-bond acceptors (Lipinski definition) is 3. The Morgan fingerprint density at radius 3 is 2.67 bits per heavy atom. The molecule has 1 unspecified atom stereocenters. The van der Waals surface area contributed by atoms with Crippen molar-refractivity contribution in [2.24, 2.45) is 5.73 Å². The topological polar surface area (TPSA) is 49.5 Å². The number of aliphatic hydroxyl groups is 1. The Bertz CT molecular complexity index is 141. The van der Waals surface area contributed by atoms with E-state index in [0.717, 1.165) is 19.4 Å². The molecule has 12 heavy (non-hydrogen) atoms. The summed E-state index contributed by atoms with van der Waals surface area (Å²) in [5.41, 5.74) is 5.42. The minimum atomic E-state index is 0.240. The van der Waals surface area contributed by atoms with Crippen LogP contribution < -0.4 is 5.73 Å². The molecule has 0 saturated heterocycles. The maximum Gasteiger partial charge on any atom is 0.0742 e. The molecule has 0 aromatic rings. The van der Waals surface area contributed by atoms with E-state index in [-0.39, 0.29) is 6.61 Å². The second-order valence-corrected chi connectivity index (χ2v) is 3.60. The lowest BCUT2D eigenvalue weighted by molar-refractivity contribution is 0.218. The molecule has 3 N–H and O–H groups in total. The standard InChI is InChI=1S/C8H18N2OS/c1-7(6-8(9)12)10(2)4-3-5-11/h7,11H,3-6H2,1-2H3,(H2,9,12). The van der Waals surface area contributed by atoms with Crippen molar-refractivity contribution in [2.75, 3.05) is 20.2 Å². The quantitative estimate of drug-likeness (QED) is 0.594. The highest BCUT2D eigenvalue weighted by Crippen LogP contribution is 2.01. The molecule has 72 valence electrons. The first-order chi connectivity index (χ1) is 5.57. The zero-order chi connectivity index (χ0) is 9.56. The molecule has 0 aliphatic heterocycles. The van der Waals surface area contributed by atoms with E-state index in [0.29, 0.717) is 11.0 Å². The first kappa shape index (κ1) is 11.8. The van der Waals surface area contributed by atoms with Gasteiger partial charge in [0, 0.05) is 25.6 Å². The third kappa shape index (κ3) is 5.46. The van der Waals surface area contributed by atoms with Crippen LogP contribution in [-0.2, 0) is 0 Å². The predicted molar refractivity (Wildman–Crippen MR) is 55.2 cm³/mol. The van der Waals surface area contributed by atoms with Crippen LogP contribution in [0, 0.1) is 0 Å². The summed E-state index contributed by atoms with van der Waals surface area (Å²) in [6, 6.07) is 0.369. The molecule has 0 rings (SSSR count). The van der Waals surface area contributed by atoms with E-state index in [1.165, 1.54) is 0 Å². The molecule has 0 aromatic heterocycles. The van der Waals surface area contributed by atoms with Gasteiger partial charge in [-0.05, 0) is 20.4 Å². The van der Waals surface area contributed by atoms with Crippen LogP contribution in [0.25, 0.3) is 0 Å². The van der Waals surface area contributed by atoms with Crippen molar-refractivity contribution in [1.29, 1.82) is 0 Å². The molecule has 0 aliphatic rings. The molecule has 0 heterocycles. The SMILES string of the molecule is CC(CC(N)=S)N(C)CCCO. The lowest BCUT2D eigenvalue weighted by atomic mass is 10.2. The highest BCUT2D eigenvalue weighted by molar-refractivity contribution is 7.80. The van der Waals surface area contributed by atoms with Gasteiger partial charge in [-0.3, -0.25) is 0 Å². The van der Waals surface area contributed by atoms with Gasteiger partial charge in [0.05, 0.1) is 4.99 Å². The van der Waals surface area contributed by atoms with Crippen molar-refractivity contribution in [3.05, 3.63) is 0 Å². The summed E-state index contributed by atoms with van der Waals surface area (Å²) in [6.45, 7) is 3.21. The van der Waals surface area contributed by atoms with E-state index < -0.39 is 0 Å². The minimum Gasteiger partial charge on any atom is -0.396 e. The van der Waals surface area contributed by atoms with Crippen molar-refractivity contribution in [3.63, 3.8) is 0 Å². The normalized spacial score (nSPS) is 13.3. The van der Waals surface area contributed by atoms with Crippen LogP contribution in [0.1, 0.15) is 19.8 Å². The molecule has 0 bridgehead atoms. The maximum atomic E-state index is 8.60. The predicted octanol–water partition coefficient (Wildman–Crippen LogP) is 0.365. The van der Waals surface area contributed by atoms with Crippen molar-refractivity contribution in [3.8, 4) is 0 Å². The van der Waals surface area contributed by atoms with Crippen LogP contribution in [-0.4, -0.2) is 41.2 Å². The van der Waals surface area contributed by atoms with Gasteiger partial charge in [-0.15, -0.1) is 0 Å². The Hall–Kier alpha value is -0.190. The summed E-state index contributed by atoms with van der Waals surface area (Å²) < 4.78 is 0. The van der Waals surface area contributed by atoms with E-state index in [1.807, 2.05) is 7.05 Å². The molecule has 0 spiro atoms. The Balaban J connectivity index is 3.60. The number of thiocarbonyl (C=S) groups is 1. The van der Waals surface area contributed by atoms with Gasteiger partial charge >= 0.3 is 0 Å². The van der Waals surface area contributed by atoms with E-state index in [2.05, 4.69) is 11.8 Å². The molecule has 3 nitrogen and oxygen atoms in total. The fourth-order valence-electron chi connectivity index (χ4n) is 0.987. The Labute approximate surface area is 79.5 Å². The fourth-order valence-corrected chi connectivity index (χ4v) is 1.23. The zero-order valence-electron chi connectivity index (χ0n) is 7.79. The van der Waals surface area contributed by atoms with Crippen molar-refractivity contribution in [1.82, 2.24) is 4.90 Å². The lowest BCUT2D eigenvalue weighted by Crippen LogP contribution is -2.33. The summed E-state index contributed by atoms with van der Waals surface area (Å²) >= 11 is 4.81. The van der Waals surface area contributed by atoms with Crippen LogP contribution in [0.15, 0.2) is 0 Å². The summed E-state index contributed by atoms with van der Waals surface area (Å²) in [5.74, 6) is 0. The third-order valence-electron chi connectivity index (χ3n) is 1.92. The molecule has 1 atom stereocenters. The first-order valence-electron chi connectivity index (χ1n) is 4.17. The summed E-state index contributed by atoms with van der Waals surface area (Å²) in [5, 5.41) is 8.60. The molecule has 4 heteroatoms. The maximum absolute atomic E-state index is 8.60. The molecule has 0 amide bonds. The smallest absolute Gasteiger partial charge is 0.0742 e. The van der Waals surface area contributed by atoms with E-state index in [1.54, 1.807) is 0 Å². The highest BCUT2D eigenvalue weighted by Gasteiger charge is 2.08. The average Bonchev–Trinajstić information content (AvgIpc) is 1.98. The summed E-state index contributed by atoms with van der Waals surface area (Å²) in [7, 11) is 2.01. The Morgan fingerprint density at radius 2 is 2.25 bits per heavy atom. The van der Waals surface area contributed by atoms with E-state index >= 15 is 0 Å². The molecular weight excluding hydrogens is 172 g/mol. The van der Waals surface area contributed by atoms with Gasteiger partial charge in [-0.25, -0.2) is 0 Å². The lowest BCUT2D eigenvalue weighted by Gasteiger charge is -2.23. The summed E-state index contributed by atoms with van der Waals surface area (Å²) in [6.07, 6.45) is 1.55. The van der Waals surface area contributed by atoms with E-state index in [9.17, 15) is 0 Å². The monoisotopic (exact) mass is 190 g/mol. The van der Waals surface area contributed by atoms with Crippen LogP contribution in [0.4, 0.5) is 0 Å². The highest BCUT2D eigenvalue weighted by atomic mass is 32.1. The molecule has 0 aliphatic carbocycles. The number of nitrogens with zero attached hydrogens (tertiary/aromatic N) is 1. The molecule has 0 saturated carbocycles. The number of aliphatic hydroxyl groups excluding tert-OH is 1. The van der Waals surface area contributed by atoms with Gasteiger partial charge in [-0.1, -0.05) is 12.2 Å². The molecule has 0 radical (unpaired) electrons. The third-order valence-corrected chi connectivity index (χ3v) is 2.08. The van der Waals surface area contributed by atoms with Gasteiger partial charge in [-0.2, -0.15) is 0 Å². The van der Waals surface area contributed by atoms with Crippen molar-refractivity contribution in [2.45, 2.75) is 25.8 Å². The molecular formula is C8H18N2OS. The Kier molecular flexibility index (Phi) is 6.24. The van der Waals surface area contributed by atoms with Crippen LogP contribution in [0.5, 0.6) is 0 Å².